The summed E-state index contributed by atoms with van der Waals surface area (Å²) in [4.78, 5) is 11.5. The van der Waals surface area contributed by atoms with Gasteiger partial charge >= 0.3 is 6.03 Å². The van der Waals surface area contributed by atoms with Crippen LogP contribution in [0.25, 0.3) is 0 Å². The standard InChI is InChI=1S/C14H18F2N2O3/c15-10-1-2-12(11(16)7-10)21-6-5-17-13(20)18-8-14(9-19)3-4-14/h1-2,7,19H,3-6,8-9H2,(H2,17,18,20). The Balaban J connectivity index is 1.62. The van der Waals surface area contributed by atoms with E-state index in [-0.39, 0.29) is 37.0 Å². The number of hydrogen-bond acceptors (Lipinski definition) is 3. The summed E-state index contributed by atoms with van der Waals surface area (Å²) in [6, 6.07) is 2.67. The van der Waals surface area contributed by atoms with Gasteiger partial charge in [0.15, 0.2) is 11.6 Å². The number of rotatable bonds is 7. The Labute approximate surface area is 121 Å². The number of carbonyl (C=O) groups is 1. The van der Waals surface area contributed by atoms with Gasteiger partial charge in [0, 0.05) is 18.0 Å². The van der Waals surface area contributed by atoms with Gasteiger partial charge in [-0.15, -0.1) is 0 Å². The Hall–Kier alpha value is -1.89. The molecule has 0 bridgehead atoms. The molecule has 1 aromatic carbocycles. The molecule has 3 N–H and O–H groups in total. The Bertz CT molecular complexity index is 507. The molecular formula is C14H18F2N2O3. The summed E-state index contributed by atoms with van der Waals surface area (Å²) in [7, 11) is 0. The molecule has 0 unspecified atom stereocenters. The lowest BCUT2D eigenvalue weighted by atomic mass is 10.1. The normalized spacial score (nSPS) is 15.4. The van der Waals surface area contributed by atoms with Crippen molar-refractivity contribution in [2.75, 3.05) is 26.3 Å². The number of aliphatic hydroxyl groups is 1. The predicted molar refractivity (Wildman–Crippen MR) is 72.0 cm³/mol. The first-order valence-corrected chi connectivity index (χ1v) is 6.75. The van der Waals surface area contributed by atoms with Crippen LogP contribution in [0.2, 0.25) is 0 Å². The number of halogens is 2. The molecule has 7 heteroatoms. The maximum absolute atomic E-state index is 13.2. The molecule has 5 nitrogen and oxygen atoms in total. The highest BCUT2D eigenvalue weighted by atomic mass is 19.1. The van der Waals surface area contributed by atoms with E-state index in [1.807, 2.05) is 0 Å². The highest BCUT2D eigenvalue weighted by molar-refractivity contribution is 5.73. The predicted octanol–water partition coefficient (Wildman–Crippen LogP) is 1.42. The topological polar surface area (TPSA) is 70.6 Å². The SMILES string of the molecule is O=C(NCCOc1ccc(F)cc1F)NCC1(CO)CC1. The monoisotopic (exact) mass is 300 g/mol. The van der Waals surface area contributed by atoms with Crippen molar-refractivity contribution in [2.24, 2.45) is 5.41 Å². The second-order valence-corrected chi connectivity index (χ2v) is 5.19. The van der Waals surface area contributed by atoms with E-state index < -0.39 is 11.6 Å². The summed E-state index contributed by atoms with van der Waals surface area (Å²) in [6.45, 7) is 0.763. The first-order chi connectivity index (χ1) is 10.0. The fourth-order valence-corrected chi connectivity index (χ4v) is 1.82. The smallest absolute Gasteiger partial charge is 0.314 e. The van der Waals surface area contributed by atoms with Gasteiger partial charge < -0.3 is 20.5 Å². The molecule has 116 valence electrons. The van der Waals surface area contributed by atoms with E-state index in [0.29, 0.717) is 6.54 Å². The maximum atomic E-state index is 13.2. The molecule has 1 aromatic rings. The van der Waals surface area contributed by atoms with Gasteiger partial charge in [-0.05, 0) is 25.0 Å². The average molecular weight is 300 g/mol. The van der Waals surface area contributed by atoms with Crippen LogP contribution < -0.4 is 15.4 Å². The summed E-state index contributed by atoms with van der Waals surface area (Å²) in [5, 5.41) is 14.3. The minimum atomic E-state index is -0.780. The molecule has 0 aromatic heterocycles. The van der Waals surface area contributed by atoms with Crippen molar-refractivity contribution in [1.82, 2.24) is 10.6 Å². The van der Waals surface area contributed by atoms with Crippen LogP contribution in [0, 0.1) is 17.0 Å². The van der Waals surface area contributed by atoms with Crippen molar-refractivity contribution < 1.29 is 23.4 Å². The minimum absolute atomic E-state index is 0.0594. The molecule has 0 radical (unpaired) electrons. The van der Waals surface area contributed by atoms with Crippen molar-refractivity contribution in [1.29, 1.82) is 0 Å². The van der Waals surface area contributed by atoms with Gasteiger partial charge in [0.05, 0.1) is 13.2 Å². The summed E-state index contributed by atoms with van der Waals surface area (Å²) < 4.78 is 31.0. The molecule has 1 fully saturated rings. The van der Waals surface area contributed by atoms with Crippen molar-refractivity contribution in [3.05, 3.63) is 29.8 Å². The third-order valence-electron chi connectivity index (χ3n) is 3.46. The molecule has 0 atom stereocenters. The number of benzene rings is 1. The molecule has 0 heterocycles. The number of nitrogens with one attached hydrogen (secondary N) is 2. The highest BCUT2D eigenvalue weighted by Crippen LogP contribution is 2.44. The Morgan fingerprint density at radius 3 is 2.71 bits per heavy atom. The van der Waals surface area contributed by atoms with Crippen LogP contribution in [0.1, 0.15) is 12.8 Å². The summed E-state index contributed by atoms with van der Waals surface area (Å²) in [5.41, 5.74) is -0.148. The number of aliphatic hydroxyl groups excluding tert-OH is 1. The third kappa shape index (κ3) is 4.56. The van der Waals surface area contributed by atoms with Crippen LogP contribution >= 0.6 is 0 Å². The molecule has 2 amide bonds. The second kappa shape index (κ2) is 6.71. The lowest BCUT2D eigenvalue weighted by Gasteiger charge is -2.13. The average Bonchev–Trinajstić information content (AvgIpc) is 3.24. The Morgan fingerprint density at radius 2 is 2.10 bits per heavy atom. The van der Waals surface area contributed by atoms with Gasteiger partial charge in [-0.2, -0.15) is 0 Å². The van der Waals surface area contributed by atoms with E-state index in [1.165, 1.54) is 6.07 Å². The summed E-state index contributed by atoms with van der Waals surface area (Å²) in [5.74, 6) is -1.51. The fraction of sp³-hybridized carbons (Fsp3) is 0.500. The molecule has 0 aliphatic heterocycles. The van der Waals surface area contributed by atoms with E-state index in [1.54, 1.807) is 0 Å². The van der Waals surface area contributed by atoms with Gasteiger partial charge in [-0.25, -0.2) is 13.6 Å². The zero-order valence-corrected chi connectivity index (χ0v) is 11.5. The Kier molecular flexibility index (Phi) is 4.95. The molecule has 0 spiro atoms. The first kappa shape index (κ1) is 15.5. The van der Waals surface area contributed by atoms with Crippen molar-refractivity contribution in [2.45, 2.75) is 12.8 Å². The fourth-order valence-electron chi connectivity index (χ4n) is 1.82. The van der Waals surface area contributed by atoms with Crippen molar-refractivity contribution in [3.63, 3.8) is 0 Å². The highest BCUT2D eigenvalue weighted by Gasteiger charge is 2.42. The summed E-state index contributed by atoms with van der Waals surface area (Å²) >= 11 is 0. The molecule has 2 rings (SSSR count). The van der Waals surface area contributed by atoms with Crippen LogP contribution in [0.3, 0.4) is 0 Å². The van der Waals surface area contributed by atoms with Gasteiger partial charge in [-0.1, -0.05) is 0 Å². The van der Waals surface area contributed by atoms with Gasteiger partial charge in [0.25, 0.3) is 0 Å². The van der Waals surface area contributed by atoms with Crippen molar-refractivity contribution >= 4 is 6.03 Å². The zero-order valence-electron chi connectivity index (χ0n) is 11.5. The maximum Gasteiger partial charge on any atom is 0.314 e. The van der Waals surface area contributed by atoms with Crippen LogP contribution in [0.5, 0.6) is 5.75 Å². The number of ether oxygens (including phenoxy) is 1. The summed E-state index contributed by atoms with van der Waals surface area (Å²) in [6.07, 6.45) is 1.83. The van der Waals surface area contributed by atoms with Crippen LogP contribution in [0.4, 0.5) is 13.6 Å². The molecule has 1 aliphatic rings. The first-order valence-electron chi connectivity index (χ1n) is 6.75. The number of hydrogen-bond donors (Lipinski definition) is 3. The quantitative estimate of drug-likeness (QED) is 0.667. The van der Waals surface area contributed by atoms with E-state index in [2.05, 4.69) is 10.6 Å². The van der Waals surface area contributed by atoms with E-state index in [9.17, 15) is 13.6 Å². The van der Waals surface area contributed by atoms with Gasteiger partial charge in [0.1, 0.15) is 12.4 Å². The third-order valence-corrected chi connectivity index (χ3v) is 3.46. The zero-order chi connectivity index (χ0) is 15.3. The molecule has 1 aliphatic carbocycles. The molecule has 21 heavy (non-hydrogen) atoms. The molecule has 1 saturated carbocycles. The van der Waals surface area contributed by atoms with Crippen LogP contribution in [-0.4, -0.2) is 37.4 Å². The largest absolute Gasteiger partial charge is 0.489 e. The van der Waals surface area contributed by atoms with Gasteiger partial charge in [-0.3, -0.25) is 0 Å². The second-order valence-electron chi connectivity index (χ2n) is 5.19. The van der Waals surface area contributed by atoms with E-state index >= 15 is 0 Å². The lowest BCUT2D eigenvalue weighted by Crippen LogP contribution is -2.41. The van der Waals surface area contributed by atoms with Gasteiger partial charge in [0.2, 0.25) is 0 Å². The van der Waals surface area contributed by atoms with Crippen LogP contribution in [-0.2, 0) is 0 Å². The Morgan fingerprint density at radius 1 is 1.33 bits per heavy atom. The van der Waals surface area contributed by atoms with Crippen molar-refractivity contribution in [3.8, 4) is 5.75 Å². The number of urea groups is 1. The van der Waals surface area contributed by atoms with E-state index in [0.717, 1.165) is 25.0 Å². The number of amides is 2. The lowest BCUT2D eigenvalue weighted by molar-refractivity contribution is 0.202. The van der Waals surface area contributed by atoms with E-state index in [4.69, 9.17) is 9.84 Å². The minimum Gasteiger partial charge on any atom is -0.489 e. The molecule has 0 saturated heterocycles. The van der Waals surface area contributed by atoms with Crippen LogP contribution in [0.15, 0.2) is 18.2 Å². The molecular weight excluding hydrogens is 282 g/mol. The number of carbonyl (C=O) groups excluding carboxylic acids is 1.